The SMILES string of the molecule is CCN(CC)Cc1cccc(-c2cc(-c3ccc(NP(=O)(O)OP(=O)(O)OP(=O)(O)OC[C@H]4O[C@@H](n5cnc6c(=O)[nH]c(N)nc65)C(O)[C@H]4O)cc3)cc(-c3cccc(CN(CC(=O)O)CC(=O)O)n3)n2)n1. The first-order valence-corrected chi connectivity index (χ1v) is 26.1. The van der Waals surface area contributed by atoms with Crippen molar-refractivity contribution in [2.45, 2.75) is 51.5 Å². The number of nitrogens with two attached hydrogens (primary N) is 1. The second-order valence-corrected chi connectivity index (χ2v) is 20.7. The lowest BCUT2D eigenvalue weighted by atomic mass is 10.0. The fraction of sp³-hybridized carbons (Fsp3) is 0.317. The van der Waals surface area contributed by atoms with E-state index in [4.69, 9.17) is 25.0 Å². The second-order valence-electron chi connectivity index (χ2n) is 16.0. The molecule has 0 bridgehead atoms. The van der Waals surface area contributed by atoms with Crippen molar-refractivity contribution in [3.8, 4) is 33.9 Å². The number of aromatic nitrogens is 7. The van der Waals surface area contributed by atoms with E-state index in [1.807, 2.05) is 31.1 Å². The van der Waals surface area contributed by atoms with Gasteiger partial charge in [-0.05, 0) is 72.7 Å². The molecule has 31 heteroatoms. The molecule has 6 heterocycles. The third kappa shape index (κ3) is 13.6. The third-order valence-corrected chi connectivity index (χ3v) is 15.1. The molecule has 0 saturated carbocycles. The van der Waals surface area contributed by atoms with E-state index < -0.39 is 85.1 Å². The number of phosphoric acid groups is 2. The van der Waals surface area contributed by atoms with Gasteiger partial charge >= 0.3 is 35.3 Å². The number of nitrogens with one attached hydrogen (secondary N) is 2. The number of nitrogen functional groups attached to an aromatic ring is 1. The molecule has 0 amide bonds. The number of carboxylic acids is 2. The molecule has 4 unspecified atom stereocenters. The second kappa shape index (κ2) is 22.3. The van der Waals surface area contributed by atoms with Gasteiger partial charge < -0.3 is 45.6 Å². The number of nitrogens with zero attached hydrogens (tertiary/aromatic N) is 8. The zero-order valence-corrected chi connectivity index (χ0v) is 40.7. The van der Waals surface area contributed by atoms with E-state index in [-0.39, 0.29) is 29.3 Å². The molecule has 0 aliphatic carbocycles. The Labute approximate surface area is 407 Å². The summed E-state index contributed by atoms with van der Waals surface area (Å²) in [5, 5.41) is 42.0. The maximum atomic E-state index is 13.1. The quantitative estimate of drug-likeness (QED) is 0.0412. The summed E-state index contributed by atoms with van der Waals surface area (Å²) in [6.07, 6.45) is -5.58. The van der Waals surface area contributed by atoms with Crippen LogP contribution in [0.15, 0.2) is 83.9 Å². The van der Waals surface area contributed by atoms with E-state index in [0.29, 0.717) is 46.1 Å². The number of imidazole rings is 1. The standard InChI is InChI=1S/C41H48N11O17P3/c1-3-50(4-2)17-26-7-5-9-28(44-26)30-15-24(16-31(46-30)29-10-6-8-27(45-29)18-51(19-33(53)54)20-34(55)56)23-11-13-25(14-12-23)49-70(60,61)68-72(64,65)69-71(62,63)66-21-32-36(57)37(58)40(67-32)52-22-43-35-38(52)47-41(42)48-39(35)59/h5-16,22,32,36-37,40,57-58H,3-4,17-21H2,1-2H3,(H,53,54)(H,55,56)(H,62,63)(H,64,65)(H2,49,60,61)(H3,42,47,48,59)/t32-,36+,37?,40-/m1/s1. The highest BCUT2D eigenvalue weighted by atomic mass is 31.3. The van der Waals surface area contributed by atoms with Gasteiger partial charge in [0.25, 0.3) is 5.56 Å². The summed E-state index contributed by atoms with van der Waals surface area (Å²) in [5.41, 5.74) is 8.27. The predicted molar refractivity (Wildman–Crippen MR) is 253 cm³/mol. The molecule has 72 heavy (non-hydrogen) atoms. The summed E-state index contributed by atoms with van der Waals surface area (Å²) in [4.78, 5) is 94.1. The Balaban J connectivity index is 1.06. The summed E-state index contributed by atoms with van der Waals surface area (Å²) < 4.78 is 58.6. The van der Waals surface area contributed by atoms with Crippen LogP contribution in [0.1, 0.15) is 31.5 Å². The smallest absolute Gasteiger partial charge is 0.480 e. The minimum absolute atomic E-state index is 0.105. The van der Waals surface area contributed by atoms with Crippen molar-refractivity contribution in [1.82, 2.24) is 44.3 Å². The number of rotatable bonds is 23. The maximum absolute atomic E-state index is 13.1. The molecule has 11 N–H and O–H groups in total. The zero-order valence-electron chi connectivity index (χ0n) is 38.0. The molecule has 1 aliphatic heterocycles. The Bertz CT molecular complexity index is 3140. The van der Waals surface area contributed by atoms with Gasteiger partial charge in [-0.3, -0.25) is 43.3 Å². The highest BCUT2D eigenvalue weighted by Crippen LogP contribution is 2.67. The molecule has 1 aromatic carbocycles. The number of phosphoric ester groups is 1. The number of carboxylic acid groups (broad SMARTS) is 2. The molecular weight excluding hydrogens is 1010 g/mol. The lowest BCUT2D eigenvalue weighted by Gasteiger charge is -2.21. The van der Waals surface area contributed by atoms with Crippen LogP contribution in [0.2, 0.25) is 0 Å². The Morgan fingerprint density at radius 2 is 1.36 bits per heavy atom. The molecule has 0 radical (unpaired) electrons. The minimum Gasteiger partial charge on any atom is -0.480 e. The first-order valence-electron chi connectivity index (χ1n) is 21.5. The number of hydrogen-bond acceptors (Lipinski definition) is 20. The van der Waals surface area contributed by atoms with Gasteiger partial charge in [-0.25, -0.2) is 33.6 Å². The number of anilines is 2. The topological polar surface area (TPSA) is 411 Å². The normalized spacial score (nSPS) is 19.5. The third-order valence-electron chi connectivity index (χ3n) is 10.7. The van der Waals surface area contributed by atoms with E-state index in [1.165, 1.54) is 29.2 Å². The molecule has 0 spiro atoms. The van der Waals surface area contributed by atoms with E-state index in [0.717, 1.165) is 29.7 Å². The number of aliphatic carboxylic acids is 2. The average molecular weight is 1060 g/mol. The number of aromatic amines is 1. The zero-order chi connectivity index (χ0) is 52.1. The average Bonchev–Trinajstić information content (AvgIpc) is 3.85. The van der Waals surface area contributed by atoms with Crippen molar-refractivity contribution >= 4 is 58.1 Å². The monoisotopic (exact) mass is 1060 g/mol. The Morgan fingerprint density at radius 3 is 1.93 bits per heavy atom. The van der Waals surface area contributed by atoms with E-state index in [1.54, 1.807) is 36.4 Å². The van der Waals surface area contributed by atoms with Gasteiger partial charge in [-0.15, -0.1) is 0 Å². The molecule has 5 aromatic heterocycles. The van der Waals surface area contributed by atoms with Crippen molar-refractivity contribution in [3.05, 3.63) is 101 Å². The fourth-order valence-corrected chi connectivity index (χ4v) is 11.2. The number of aliphatic hydroxyl groups is 2. The molecule has 28 nitrogen and oxygen atoms in total. The number of carbonyl (C=O) groups is 2. The van der Waals surface area contributed by atoms with Gasteiger partial charge in [0.1, 0.15) is 18.3 Å². The molecular formula is C41H48N11O17P3. The van der Waals surface area contributed by atoms with Crippen LogP contribution in [0.3, 0.4) is 0 Å². The fourth-order valence-electron chi connectivity index (χ4n) is 7.46. The van der Waals surface area contributed by atoms with Crippen LogP contribution in [0.4, 0.5) is 11.6 Å². The van der Waals surface area contributed by atoms with E-state index >= 15 is 0 Å². The summed E-state index contributed by atoms with van der Waals surface area (Å²) in [5.74, 6) is -2.74. The maximum Gasteiger partial charge on any atom is 0.489 e. The largest absolute Gasteiger partial charge is 0.489 e. The van der Waals surface area contributed by atoms with Gasteiger partial charge in [0.2, 0.25) is 5.95 Å². The summed E-state index contributed by atoms with van der Waals surface area (Å²) >= 11 is 0. The van der Waals surface area contributed by atoms with Crippen molar-refractivity contribution in [2.24, 2.45) is 0 Å². The van der Waals surface area contributed by atoms with Gasteiger partial charge in [0, 0.05) is 18.8 Å². The van der Waals surface area contributed by atoms with E-state index in [2.05, 4.69) is 33.5 Å². The van der Waals surface area contributed by atoms with Gasteiger partial charge in [-0.1, -0.05) is 38.1 Å². The van der Waals surface area contributed by atoms with Crippen LogP contribution >= 0.6 is 23.4 Å². The lowest BCUT2D eigenvalue weighted by molar-refractivity contribution is -0.142. The molecule has 1 saturated heterocycles. The number of H-pyrrole nitrogens is 1. The predicted octanol–water partition coefficient (Wildman–Crippen LogP) is 2.78. The molecule has 384 valence electrons. The summed E-state index contributed by atoms with van der Waals surface area (Å²) in [6.45, 7) is 3.97. The first kappa shape index (κ1) is 53.6. The number of hydrogen-bond donors (Lipinski definition) is 10. The van der Waals surface area contributed by atoms with Crippen LogP contribution in [-0.4, -0.2) is 142 Å². The van der Waals surface area contributed by atoms with Crippen molar-refractivity contribution < 1.29 is 76.3 Å². The van der Waals surface area contributed by atoms with Crippen molar-refractivity contribution in [3.63, 3.8) is 0 Å². The van der Waals surface area contributed by atoms with Crippen LogP contribution in [0.25, 0.3) is 45.1 Å². The Hall–Kier alpha value is -6.19. The number of ether oxygens (including phenoxy) is 1. The van der Waals surface area contributed by atoms with Gasteiger partial charge in [0.05, 0.1) is 60.2 Å². The van der Waals surface area contributed by atoms with Crippen molar-refractivity contribution in [2.75, 3.05) is 43.6 Å². The number of aliphatic hydroxyl groups excluding tert-OH is 2. The number of fused-ring (bicyclic) bond motifs is 1. The summed E-state index contributed by atoms with van der Waals surface area (Å²) in [6, 6.07) is 19.6. The number of benzene rings is 1. The van der Waals surface area contributed by atoms with Crippen LogP contribution < -0.4 is 16.4 Å². The van der Waals surface area contributed by atoms with E-state index in [9.17, 15) is 63.2 Å². The van der Waals surface area contributed by atoms with Gasteiger partial charge in [0.15, 0.2) is 17.4 Å². The number of pyridine rings is 3. The van der Waals surface area contributed by atoms with Crippen LogP contribution in [0, 0.1) is 0 Å². The van der Waals surface area contributed by atoms with Crippen molar-refractivity contribution in [1.29, 1.82) is 0 Å². The molecule has 7 atom stereocenters. The first-order chi connectivity index (χ1) is 34.0. The lowest BCUT2D eigenvalue weighted by Crippen LogP contribution is -2.34. The molecule has 6 aromatic rings. The molecule has 7 rings (SSSR count). The van der Waals surface area contributed by atoms with Gasteiger partial charge in [-0.2, -0.15) is 13.6 Å². The molecule has 1 aliphatic rings. The highest BCUT2D eigenvalue weighted by molar-refractivity contribution is 7.68. The highest BCUT2D eigenvalue weighted by Gasteiger charge is 2.47. The minimum atomic E-state index is -5.92. The Kier molecular flexibility index (Phi) is 16.6. The van der Waals surface area contributed by atoms with Crippen LogP contribution in [0.5, 0.6) is 0 Å². The Morgan fingerprint density at radius 1 is 0.778 bits per heavy atom. The molecule has 1 fully saturated rings. The van der Waals surface area contributed by atoms with Crippen LogP contribution in [-0.2, 0) is 54.3 Å². The summed E-state index contributed by atoms with van der Waals surface area (Å²) in [7, 11) is -17.0.